The van der Waals surface area contributed by atoms with E-state index in [4.69, 9.17) is 4.42 Å². The molecule has 1 aromatic carbocycles. The number of carbonyl (C=O) groups excluding carboxylic acids is 1. The summed E-state index contributed by atoms with van der Waals surface area (Å²) in [4.78, 5) is 15.1. The highest BCUT2D eigenvalue weighted by Gasteiger charge is 2.32. The molecule has 2 fully saturated rings. The molecule has 7 heteroatoms. The number of rotatable bonds is 3. The Labute approximate surface area is 179 Å². The Morgan fingerprint density at radius 2 is 1.47 bits per heavy atom. The van der Waals surface area contributed by atoms with E-state index in [1.807, 2.05) is 4.90 Å². The lowest BCUT2D eigenvalue weighted by atomic mass is 9.92. The number of amides is 1. The molecule has 0 aliphatic carbocycles. The van der Waals surface area contributed by atoms with Gasteiger partial charge in [-0.25, -0.2) is 8.42 Å². The summed E-state index contributed by atoms with van der Waals surface area (Å²) in [5, 5.41) is 0.649. The van der Waals surface area contributed by atoms with E-state index >= 15 is 0 Å². The Bertz CT molecular complexity index is 1020. The number of hydrogen-bond donors (Lipinski definition) is 0. The molecular weight excluding hydrogens is 400 g/mol. The maximum absolute atomic E-state index is 13.2. The van der Waals surface area contributed by atoms with Crippen LogP contribution in [0.15, 0.2) is 33.6 Å². The number of fused-ring (bicyclic) bond motifs is 1. The zero-order valence-corrected chi connectivity index (χ0v) is 19.1. The molecule has 0 N–H and O–H groups in total. The van der Waals surface area contributed by atoms with Crippen LogP contribution >= 0.6 is 0 Å². The first kappa shape index (κ1) is 21.4. The van der Waals surface area contributed by atoms with Gasteiger partial charge in [0.1, 0.15) is 5.58 Å². The largest absolute Gasteiger partial charge is 0.451 e. The van der Waals surface area contributed by atoms with E-state index in [2.05, 4.69) is 27.7 Å². The molecule has 6 nitrogen and oxygen atoms in total. The third-order valence-electron chi connectivity index (χ3n) is 6.33. The van der Waals surface area contributed by atoms with E-state index in [0.29, 0.717) is 47.7 Å². The van der Waals surface area contributed by atoms with Gasteiger partial charge in [0.2, 0.25) is 10.0 Å². The number of nitrogens with zero attached hydrogens (tertiary/aromatic N) is 2. The predicted molar refractivity (Wildman–Crippen MR) is 117 cm³/mol. The topological polar surface area (TPSA) is 70.8 Å². The Hall–Kier alpha value is -1.86. The van der Waals surface area contributed by atoms with Crippen molar-refractivity contribution in [2.45, 2.75) is 45.4 Å². The van der Waals surface area contributed by atoms with Gasteiger partial charge < -0.3 is 9.32 Å². The molecule has 2 saturated heterocycles. The average molecular weight is 433 g/mol. The lowest BCUT2D eigenvalue weighted by Crippen LogP contribution is -2.42. The second kappa shape index (κ2) is 8.00. The van der Waals surface area contributed by atoms with E-state index < -0.39 is 10.0 Å². The minimum atomic E-state index is -3.57. The molecule has 0 bridgehead atoms. The lowest BCUT2D eigenvalue weighted by Gasteiger charge is -2.34. The van der Waals surface area contributed by atoms with Gasteiger partial charge in [0, 0.05) is 31.6 Å². The monoisotopic (exact) mass is 432 g/mol. The summed E-state index contributed by atoms with van der Waals surface area (Å²) < 4.78 is 33.8. The number of piperidine rings is 2. The number of benzene rings is 1. The van der Waals surface area contributed by atoms with E-state index in [9.17, 15) is 13.2 Å². The molecule has 0 spiro atoms. The van der Waals surface area contributed by atoms with Crippen LogP contribution in [0.1, 0.15) is 51.1 Å². The third-order valence-corrected chi connectivity index (χ3v) is 8.16. The van der Waals surface area contributed by atoms with Crippen molar-refractivity contribution >= 4 is 26.9 Å². The van der Waals surface area contributed by atoms with Crippen molar-refractivity contribution in [1.82, 2.24) is 9.21 Å². The maximum atomic E-state index is 13.2. The summed E-state index contributed by atoms with van der Waals surface area (Å²) in [5.41, 5.74) is 0.538. The van der Waals surface area contributed by atoms with Crippen LogP contribution in [0.3, 0.4) is 0 Å². The fourth-order valence-corrected chi connectivity index (χ4v) is 6.94. The molecule has 1 aromatic heterocycles. The van der Waals surface area contributed by atoms with Gasteiger partial charge in [0.05, 0.1) is 4.90 Å². The molecule has 4 unspecified atom stereocenters. The quantitative estimate of drug-likeness (QED) is 0.728. The summed E-state index contributed by atoms with van der Waals surface area (Å²) in [7, 11) is -3.57. The number of furan rings is 1. The molecular formula is C23H32N2O4S. The minimum Gasteiger partial charge on any atom is -0.451 e. The smallest absolute Gasteiger partial charge is 0.289 e. The molecule has 30 heavy (non-hydrogen) atoms. The number of sulfonamides is 1. The highest BCUT2D eigenvalue weighted by atomic mass is 32.2. The molecule has 164 valence electrons. The van der Waals surface area contributed by atoms with Crippen molar-refractivity contribution in [2.24, 2.45) is 23.7 Å². The van der Waals surface area contributed by atoms with Crippen LogP contribution in [0.25, 0.3) is 11.0 Å². The van der Waals surface area contributed by atoms with E-state index in [1.54, 1.807) is 28.6 Å². The normalized spacial score (nSPS) is 28.7. The van der Waals surface area contributed by atoms with Crippen LogP contribution in [-0.4, -0.2) is 49.7 Å². The Balaban J connectivity index is 1.60. The molecule has 4 atom stereocenters. The molecule has 0 saturated carbocycles. The molecule has 4 rings (SSSR count). The SMILES string of the molecule is CC1CC(C)CN(C(=O)c2cc3cc(S(=O)(=O)N4CC(C)CC(C)C4)ccc3o2)C1. The van der Waals surface area contributed by atoms with Crippen molar-refractivity contribution in [3.05, 3.63) is 30.0 Å². The van der Waals surface area contributed by atoms with Crippen LogP contribution in [0.5, 0.6) is 0 Å². The van der Waals surface area contributed by atoms with Gasteiger partial charge in [-0.3, -0.25) is 4.79 Å². The van der Waals surface area contributed by atoms with E-state index in [0.717, 1.165) is 25.9 Å². The second-order valence-corrected chi connectivity index (χ2v) is 11.7. The Morgan fingerprint density at radius 1 is 0.900 bits per heavy atom. The van der Waals surface area contributed by atoms with E-state index in [1.165, 1.54) is 0 Å². The van der Waals surface area contributed by atoms with Gasteiger partial charge in [0.25, 0.3) is 5.91 Å². The number of hydrogen-bond acceptors (Lipinski definition) is 4. The molecule has 2 aliphatic heterocycles. The van der Waals surface area contributed by atoms with Crippen molar-refractivity contribution < 1.29 is 17.6 Å². The molecule has 3 heterocycles. The van der Waals surface area contributed by atoms with Crippen LogP contribution in [0.2, 0.25) is 0 Å². The maximum Gasteiger partial charge on any atom is 0.289 e. The van der Waals surface area contributed by atoms with Crippen LogP contribution < -0.4 is 0 Å². The van der Waals surface area contributed by atoms with Gasteiger partial charge in [-0.15, -0.1) is 0 Å². The molecule has 0 radical (unpaired) electrons. The lowest BCUT2D eigenvalue weighted by molar-refractivity contribution is 0.0594. The Kier molecular flexibility index (Phi) is 5.70. The zero-order valence-electron chi connectivity index (χ0n) is 18.3. The molecule has 1 amide bonds. The van der Waals surface area contributed by atoms with Crippen molar-refractivity contribution in [3.63, 3.8) is 0 Å². The molecule has 2 aromatic rings. The molecule has 2 aliphatic rings. The summed E-state index contributed by atoms with van der Waals surface area (Å²) >= 11 is 0. The van der Waals surface area contributed by atoms with E-state index in [-0.39, 0.29) is 16.6 Å². The summed E-state index contributed by atoms with van der Waals surface area (Å²) in [5.74, 6) is 1.79. The standard InChI is InChI=1S/C23H32N2O4S/c1-15-7-16(2)12-24(11-15)23(26)22-10-19-9-20(5-6-21(19)29-22)30(27,28)25-13-17(3)8-18(4)14-25/h5-6,9-10,15-18H,7-8,11-14H2,1-4H3. The zero-order chi connectivity index (χ0) is 21.6. The summed E-state index contributed by atoms with van der Waals surface area (Å²) in [6.07, 6.45) is 2.17. The number of likely N-dealkylation sites (tertiary alicyclic amines) is 1. The van der Waals surface area contributed by atoms with Crippen molar-refractivity contribution in [3.8, 4) is 0 Å². The van der Waals surface area contributed by atoms with Crippen molar-refractivity contribution in [1.29, 1.82) is 0 Å². The van der Waals surface area contributed by atoms with Crippen LogP contribution in [0, 0.1) is 23.7 Å². The Morgan fingerprint density at radius 3 is 2.07 bits per heavy atom. The third kappa shape index (κ3) is 4.14. The van der Waals surface area contributed by atoms with Gasteiger partial charge in [0.15, 0.2) is 5.76 Å². The highest BCUT2D eigenvalue weighted by Crippen LogP contribution is 2.30. The fourth-order valence-electron chi connectivity index (χ4n) is 5.22. The predicted octanol–water partition coefficient (Wildman–Crippen LogP) is 4.22. The van der Waals surface area contributed by atoms with Gasteiger partial charge in [-0.1, -0.05) is 27.7 Å². The van der Waals surface area contributed by atoms with Gasteiger partial charge >= 0.3 is 0 Å². The van der Waals surface area contributed by atoms with Crippen LogP contribution in [-0.2, 0) is 10.0 Å². The minimum absolute atomic E-state index is 0.118. The highest BCUT2D eigenvalue weighted by molar-refractivity contribution is 7.89. The first-order chi connectivity index (χ1) is 14.1. The summed E-state index contributed by atoms with van der Waals surface area (Å²) in [6.45, 7) is 11.1. The van der Waals surface area contributed by atoms with Gasteiger partial charge in [-0.05, 0) is 60.8 Å². The second-order valence-electron chi connectivity index (χ2n) is 9.73. The van der Waals surface area contributed by atoms with Crippen molar-refractivity contribution in [2.75, 3.05) is 26.2 Å². The number of carbonyl (C=O) groups is 1. The fraction of sp³-hybridized carbons (Fsp3) is 0.609. The van der Waals surface area contributed by atoms with Gasteiger partial charge in [-0.2, -0.15) is 4.31 Å². The summed E-state index contributed by atoms with van der Waals surface area (Å²) in [6, 6.07) is 6.57. The van der Waals surface area contributed by atoms with Crippen LogP contribution in [0.4, 0.5) is 0 Å². The average Bonchev–Trinajstić information content (AvgIpc) is 3.09. The first-order valence-electron chi connectivity index (χ1n) is 11.0. The first-order valence-corrected chi connectivity index (χ1v) is 12.4.